The number of pyridine rings is 2. The summed E-state index contributed by atoms with van der Waals surface area (Å²) in [6, 6.07) is 62.3. The normalized spacial score (nSPS) is 10.4. The first-order valence-electron chi connectivity index (χ1n) is 31.2. The summed E-state index contributed by atoms with van der Waals surface area (Å²) in [5.74, 6) is 6.91. The van der Waals surface area contributed by atoms with Gasteiger partial charge in [0.1, 0.15) is 52.0 Å². The molecule has 0 spiro atoms. The van der Waals surface area contributed by atoms with E-state index in [9.17, 15) is 15.3 Å². The second-order valence-electron chi connectivity index (χ2n) is 21.7. The number of hydrogen-bond acceptors (Lipinski definition) is 25. The molecule has 0 aliphatic heterocycles. The van der Waals surface area contributed by atoms with Crippen LogP contribution in [-0.2, 0) is 38.9 Å². The molecule has 25 nitrogen and oxygen atoms in total. The Hall–Kier alpha value is -12.1. The van der Waals surface area contributed by atoms with Crippen molar-refractivity contribution in [3.05, 3.63) is 316 Å². The van der Waals surface area contributed by atoms with Crippen LogP contribution in [0.5, 0.6) is 17.2 Å². The fourth-order valence-electron chi connectivity index (χ4n) is 9.02. The highest BCUT2D eigenvalue weighted by Gasteiger charge is 2.14. The number of benzene rings is 6. The average Bonchev–Trinajstić information content (AvgIpc) is 1.51. The molecule has 14 rings (SSSR count). The van der Waals surface area contributed by atoms with Crippen LogP contribution in [-0.4, -0.2) is 87.3 Å². The van der Waals surface area contributed by atoms with Crippen LogP contribution in [0.2, 0.25) is 5.28 Å². The Morgan fingerprint density at radius 2 is 0.725 bits per heavy atom. The van der Waals surface area contributed by atoms with Gasteiger partial charge in [0.25, 0.3) is 0 Å². The second-order valence-corrected chi connectivity index (χ2v) is 23.9. The summed E-state index contributed by atoms with van der Waals surface area (Å²) in [5, 5.41) is 61.5. The molecule has 102 heavy (non-hydrogen) atoms. The summed E-state index contributed by atoms with van der Waals surface area (Å²) < 4.78 is 18.0. The number of aromatic nitrogens is 11. The molecule has 8 heterocycles. The van der Waals surface area contributed by atoms with E-state index in [1.807, 2.05) is 158 Å². The van der Waals surface area contributed by atoms with Crippen LogP contribution in [0.25, 0.3) is 11.1 Å². The van der Waals surface area contributed by atoms with Gasteiger partial charge in [-0.25, -0.2) is 4.98 Å². The third kappa shape index (κ3) is 24.7. The van der Waals surface area contributed by atoms with Gasteiger partial charge in [-0.3, -0.25) is 9.97 Å². The van der Waals surface area contributed by atoms with E-state index in [-0.39, 0.29) is 22.5 Å². The van der Waals surface area contributed by atoms with E-state index in [1.54, 1.807) is 79.7 Å². The van der Waals surface area contributed by atoms with Gasteiger partial charge in [-0.05, 0) is 203 Å². The molecule has 0 saturated carbocycles. The lowest BCUT2D eigenvalue weighted by atomic mass is 9.81. The molecule has 514 valence electrons. The minimum atomic E-state index is -1.38. The number of halogens is 3. The Morgan fingerprint density at radius 1 is 0.382 bits per heavy atom. The smallest absolute Gasteiger partial charge is 0.488 e. The summed E-state index contributed by atoms with van der Waals surface area (Å²) in [6.07, 6.45) is 12.9. The lowest BCUT2D eigenvalue weighted by Crippen LogP contribution is -2.29. The fraction of sp³-hybridized carbons (Fsp3) is 0.0822. The third-order valence-electron chi connectivity index (χ3n) is 14.0. The van der Waals surface area contributed by atoms with Crippen LogP contribution in [0.1, 0.15) is 51.4 Å². The number of phenols is 3. The Balaban J connectivity index is 0.000000149. The van der Waals surface area contributed by atoms with Crippen LogP contribution in [0.15, 0.2) is 272 Å². The van der Waals surface area contributed by atoms with Gasteiger partial charge >= 0.3 is 7.12 Å². The van der Waals surface area contributed by atoms with Gasteiger partial charge in [0.2, 0.25) is 35.0 Å². The van der Waals surface area contributed by atoms with Crippen LogP contribution in [0.4, 0.5) is 46.8 Å². The molecule has 14 aromatic rings. The summed E-state index contributed by atoms with van der Waals surface area (Å²) in [6.45, 7) is 1.38. The van der Waals surface area contributed by atoms with E-state index in [0.29, 0.717) is 91.6 Å². The molecule has 0 bridgehead atoms. The molecule has 0 unspecified atom stereocenters. The highest BCUT2D eigenvalue weighted by Crippen LogP contribution is 2.25. The standard InChI is InChI=1S/C26H22N6O2.C21H18BrN5O2.C15H13ClN4O2.C6H6BrN.C5H6BNO2/c33-22-9-3-18(4-10-22)16-24-30-25(28-17-23-2-1-15-34-23)32-26(31-24)29-21-7-5-19(6-8-21)20-11-13-27-14-12-20;22-15-5-7-16(8-6-15)24-21-26-19(12-14-3-9-17(28)10-4-14)25-20(27-21)23-13-18-2-1-11-29-18;16-14-18-13(8-10-3-5-11(21)6-4-10)19-15(20-14)17-9-12-2-1-7-22-12;7-5-1-3-6(8)4-2-5;8-6(9)5-1-3-7-4-2-5/h1-15,33H,16-17H2,(H2,28,29,30,31,32);1-11,28H,12-13H2,(H2,23,24,25,26,27);1-7,21H,8-9H2,(H,17,18,19,20);1-4H,8H2;1-4,8-9H. The van der Waals surface area contributed by atoms with Crippen LogP contribution in [0.3, 0.4) is 0 Å². The summed E-state index contributed by atoms with van der Waals surface area (Å²) >= 11 is 12.7. The predicted molar refractivity (Wildman–Crippen MR) is 398 cm³/mol. The molecular formula is C73H65BBr2ClN17O8. The Morgan fingerprint density at radius 3 is 1.09 bits per heavy atom. The molecule has 0 fully saturated rings. The molecule has 0 saturated heterocycles. The van der Waals surface area contributed by atoms with Crippen molar-refractivity contribution in [2.24, 2.45) is 0 Å². The monoisotopic (exact) mass is 1510 g/mol. The number of rotatable bonds is 21. The lowest BCUT2D eigenvalue weighted by Gasteiger charge is -2.11. The number of nitrogen functional groups attached to an aromatic ring is 1. The topological polar surface area (TPSA) is 369 Å². The molecule has 6 aromatic carbocycles. The van der Waals surface area contributed by atoms with E-state index in [4.69, 9.17) is 40.6 Å². The Bertz CT molecular complexity index is 4680. The summed E-state index contributed by atoms with van der Waals surface area (Å²) in [5.41, 5.74) is 13.5. The van der Waals surface area contributed by atoms with E-state index >= 15 is 0 Å². The highest BCUT2D eigenvalue weighted by molar-refractivity contribution is 9.10. The Kier molecular flexibility index (Phi) is 26.9. The number of furan rings is 3. The van der Waals surface area contributed by atoms with Gasteiger partial charge in [0.15, 0.2) is 0 Å². The maximum Gasteiger partial charge on any atom is 0.488 e. The number of hydrogen-bond donors (Lipinski definition) is 11. The minimum absolute atomic E-state index is 0.130. The third-order valence-corrected chi connectivity index (χ3v) is 15.3. The van der Waals surface area contributed by atoms with E-state index in [2.05, 4.69) is 113 Å². The Labute approximate surface area is 607 Å². The van der Waals surface area contributed by atoms with Gasteiger partial charge in [0.05, 0.1) is 38.4 Å². The molecule has 0 aliphatic carbocycles. The van der Waals surface area contributed by atoms with Crippen LogP contribution >= 0.6 is 43.5 Å². The molecule has 0 radical (unpaired) electrons. The summed E-state index contributed by atoms with van der Waals surface area (Å²) in [7, 11) is -1.38. The maximum atomic E-state index is 9.55. The molecular weight excluding hydrogens is 1450 g/mol. The van der Waals surface area contributed by atoms with Crippen LogP contribution < -0.4 is 37.8 Å². The number of nitrogens with one attached hydrogen (secondary N) is 5. The predicted octanol–water partition coefficient (Wildman–Crippen LogP) is 13.9. The van der Waals surface area contributed by atoms with Crippen molar-refractivity contribution in [3.63, 3.8) is 0 Å². The van der Waals surface area contributed by atoms with Crippen molar-refractivity contribution in [2.45, 2.75) is 38.9 Å². The maximum absolute atomic E-state index is 9.55. The number of nitrogens with zero attached hydrogens (tertiary/aromatic N) is 11. The van der Waals surface area contributed by atoms with Gasteiger partial charge in [0, 0.05) is 70.1 Å². The van der Waals surface area contributed by atoms with Crippen molar-refractivity contribution in [1.82, 2.24) is 54.8 Å². The quantitative estimate of drug-likeness (QED) is 0.0235. The molecule has 29 heteroatoms. The van der Waals surface area contributed by atoms with Crippen molar-refractivity contribution in [3.8, 4) is 28.4 Å². The van der Waals surface area contributed by atoms with E-state index in [1.165, 1.54) is 12.4 Å². The zero-order valence-electron chi connectivity index (χ0n) is 54.1. The molecule has 0 aliphatic rings. The van der Waals surface area contributed by atoms with E-state index in [0.717, 1.165) is 71.1 Å². The molecule has 8 aromatic heterocycles. The fourth-order valence-corrected chi connectivity index (χ4v) is 9.73. The zero-order chi connectivity index (χ0) is 71.3. The number of anilines is 8. The van der Waals surface area contributed by atoms with Gasteiger partial charge in [-0.15, -0.1) is 0 Å². The SMILES string of the molecule is Nc1ccc(Br)cc1.OB(O)c1ccncc1.Oc1ccc(Cc2nc(Cl)nc(NCc3ccco3)n2)cc1.Oc1ccc(Cc2nc(NCc3ccco3)nc(Nc3ccc(-c4ccncc4)cc3)n2)cc1.Oc1ccc(Cc2nc(NCc3ccco3)nc(Nc3ccc(Br)cc3)n2)cc1. The second kappa shape index (κ2) is 37.8. The van der Waals surface area contributed by atoms with E-state index < -0.39 is 7.12 Å². The number of nitrogens with two attached hydrogens (primary N) is 1. The van der Waals surface area contributed by atoms with Crippen molar-refractivity contribution >= 4 is 103 Å². The largest absolute Gasteiger partial charge is 0.508 e. The zero-order valence-corrected chi connectivity index (χ0v) is 58.0. The van der Waals surface area contributed by atoms with Crippen LogP contribution in [0, 0.1) is 0 Å². The van der Waals surface area contributed by atoms with Crippen molar-refractivity contribution < 1.29 is 38.6 Å². The first kappa shape index (κ1) is 72.7. The minimum Gasteiger partial charge on any atom is -0.508 e. The van der Waals surface area contributed by atoms with Gasteiger partial charge < -0.3 is 70.9 Å². The van der Waals surface area contributed by atoms with Gasteiger partial charge in [-0.1, -0.05) is 80.4 Å². The lowest BCUT2D eigenvalue weighted by molar-refractivity contribution is 0.425. The molecule has 0 amide bonds. The van der Waals surface area contributed by atoms with Crippen molar-refractivity contribution in [1.29, 1.82) is 0 Å². The number of phenolic OH excluding ortho intramolecular Hbond substituents is 3. The molecule has 0 atom stereocenters. The van der Waals surface area contributed by atoms with Crippen molar-refractivity contribution in [2.75, 3.05) is 32.3 Å². The first-order chi connectivity index (χ1) is 49.6. The first-order valence-corrected chi connectivity index (χ1v) is 33.2. The summed E-state index contributed by atoms with van der Waals surface area (Å²) in [4.78, 5) is 47.5. The number of aromatic hydroxyl groups is 3. The van der Waals surface area contributed by atoms with Gasteiger partial charge in [-0.2, -0.15) is 39.9 Å². The molecule has 12 N–H and O–H groups in total. The average molecular weight is 1510 g/mol. The highest BCUT2D eigenvalue weighted by atomic mass is 79.9.